The number of halogens is 2. The second kappa shape index (κ2) is 9.16. The van der Waals surface area contributed by atoms with Gasteiger partial charge in [-0.2, -0.15) is 0 Å². The van der Waals surface area contributed by atoms with Gasteiger partial charge in [0.25, 0.3) is 0 Å². The van der Waals surface area contributed by atoms with Gasteiger partial charge in [0, 0.05) is 14.9 Å². The van der Waals surface area contributed by atoms with Gasteiger partial charge < -0.3 is 5.11 Å². The first-order chi connectivity index (χ1) is 12.1. The topological polar surface area (TPSA) is 20.2 Å². The molecule has 2 aliphatic rings. The fourth-order valence-corrected chi connectivity index (χ4v) is 4.16. The molecule has 2 atom stereocenters. The number of aliphatic hydroxyl groups is 1. The summed E-state index contributed by atoms with van der Waals surface area (Å²) in [5, 5.41) is 9.70. The van der Waals surface area contributed by atoms with E-state index < -0.39 is 0 Å². The molecule has 0 aromatic heterocycles. The van der Waals surface area contributed by atoms with Crippen molar-refractivity contribution in [2.45, 2.75) is 50.5 Å². The van der Waals surface area contributed by atoms with Crippen LogP contribution in [0, 0.1) is 0 Å². The Labute approximate surface area is 167 Å². The molecule has 132 valence electrons. The summed E-state index contributed by atoms with van der Waals surface area (Å²) in [4.78, 5) is 0. The molecular weight excluding hydrogens is 440 g/mol. The van der Waals surface area contributed by atoms with Crippen LogP contribution in [0.2, 0.25) is 0 Å². The lowest BCUT2D eigenvalue weighted by Crippen LogP contribution is -2.10. The first-order valence-electron chi connectivity index (χ1n) is 9.02. The van der Waals surface area contributed by atoms with Crippen molar-refractivity contribution < 1.29 is 5.11 Å². The third-order valence-corrected chi connectivity index (χ3v) is 6.09. The summed E-state index contributed by atoms with van der Waals surface area (Å²) in [5.74, 6) is 0.369. The summed E-state index contributed by atoms with van der Waals surface area (Å²) in [6, 6.07) is 16.9. The lowest BCUT2D eigenvalue weighted by molar-refractivity contribution is 0.164. The lowest BCUT2D eigenvalue weighted by Gasteiger charge is -2.14. The van der Waals surface area contributed by atoms with Crippen molar-refractivity contribution in [1.82, 2.24) is 0 Å². The van der Waals surface area contributed by atoms with Crippen molar-refractivity contribution in [3.63, 3.8) is 0 Å². The Hall–Kier alpha value is -0.900. The summed E-state index contributed by atoms with van der Waals surface area (Å²) in [6.45, 7) is 0. The van der Waals surface area contributed by atoms with Crippen molar-refractivity contribution in [2.24, 2.45) is 0 Å². The molecule has 1 nitrogen and oxygen atoms in total. The molecule has 4 rings (SSSR count). The van der Waals surface area contributed by atoms with Crippen LogP contribution in [-0.4, -0.2) is 11.2 Å². The minimum Gasteiger partial charge on any atom is -0.392 e. The van der Waals surface area contributed by atoms with Crippen molar-refractivity contribution in [1.29, 1.82) is 0 Å². The van der Waals surface area contributed by atoms with Crippen molar-refractivity contribution in [3.8, 4) is 0 Å². The molecule has 0 bridgehead atoms. The third-order valence-electron chi connectivity index (χ3n) is 5.03. The maximum absolute atomic E-state index is 9.70. The number of allylic oxidation sites excluding steroid dienone is 2. The third kappa shape index (κ3) is 5.29. The molecule has 0 amide bonds. The second-order valence-electron chi connectivity index (χ2n) is 6.78. The Morgan fingerprint density at radius 3 is 1.96 bits per heavy atom. The molecule has 0 aliphatic heterocycles. The van der Waals surface area contributed by atoms with Gasteiger partial charge in [-0.1, -0.05) is 68.6 Å². The highest BCUT2D eigenvalue weighted by Crippen LogP contribution is 2.34. The molecule has 0 heterocycles. The predicted octanol–water partition coefficient (Wildman–Crippen LogP) is 7.09. The fraction of sp³-hybridized carbons (Fsp3) is 0.364. The Balaban J connectivity index is 0.000000146. The highest BCUT2D eigenvalue weighted by Gasteiger charge is 2.26. The highest BCUT2D eigenvalue weighted by atomic mass is 79.9. The van der Waals surface area contributed by atoms with Crippen LogP contribution in [0.5, 0.6) is 0 Å². The summed E-state index contributed by atoms with van der Waals surface area (Å²) in [7, 11) is 0. The van der Waals surface area contributed by atoms with Gasteiger partial charge in [-0.15, -0.1) is 0 Å². The molecule has 1 N–H and O–H groups in total. The Bertz CT molecular complexity index is 704. The van der Waals surface area contributed by atoms with E-state index in [1.807, 2.05) is 12.1 Å². The number of hydrogen-bond donors (Lipinski definition) is 1. The van der Waals surface area contributed by atoms with Crippen LogP contribution in [0.3, 0.4) is 0 Å². The predicted molar refractivity (Wildman–Crippen MR) is 113 cm³/mol. The normalized spacial score (nSPS) is 22.3. The largest absolute Gasteiger partial charge is 0.392 e. The van der Waals surface area contributed by atoms with Gasteiger partial charge in [0.2, 0.25) is 0 Å². The standard InChI is InChI=1S/C11H13BrO.C11H11Br/c12-9-6-4-8(5-7-9)10-2-1-3-11(10)13;12-11-7-5-10(6-8-11)9-3-1-2-4-9/h4-7,10-11,13H,1-3H2;3,5-8H,1-2,4H2. The number of rotatable bonds is 2. The maximum Gasteiger partial charge on any atom is 0.0608 e. The molecule has 0 spiro atoms. The summed E-state index contributed by atoms with van der Waals surface area (Å²) < 4.78 is 2.26. The average Bonchev–Trinajstić information content (AvgIpc) is 3.29. The SMILES string of the molecule is Brc1ccc(C2=CCCC2)cc1.OC1CCCC1c1ccc(Br)cc1. The molecule has 3 heteroatoms. The molecule has 25 heavy (non-hydrogen) atoms. The van der Waals surface area contributed by atoms with E-state index in [-0.39, 0.29) is 6.10 Å². The quantitative estimate of drug-likeness (QED) is 0.503. The summed E-state index contributed by atoms with van der Waals surface area (Å²) in [6.07, 6.45) is 9.30. The van der Waals surface area contributed by atoms with Crippen LogP contribution in [0.15, 0.2) is 63.6 Å². The zero-order valence-corrected chi connectivity index (χ0v) is 17.5. The Kier molecular flexibility index (Phi) is 6.92. The molecule has 2 aromatic carbocycles. The zero-order chi connectivity index (χ0) is 17.6. The van der Waals surface area contributed by atoms with E-state index in [1.165, 1.54) is 36.0 Å². The van der Waals surface area contributed by atoms with E-state index >= 15 is 0 Å². The Morgan fingerprint density at radius 2 is 1.44 bits per heavy atom. The van der Waals surface area contributed by atoms with Crippen LogP contribution >= 0.6 is 31.9 Å². The molecule has 2 unspecified atom stereocenters. The van der Waals surface area contributed by atoms with Gasteiger partial charge in [-0.3, -0.25) is 0 Å². The van der Waals surface area contributed by atoms with Crippen LogP contribution in [-0.2, 0) is 0 Å². The first-order valence-corrected chi connectivity index (χ1v) is 10.6. The van der Waals surface area contributed by atoms with Gasteiger partial charge in [-0.25, -0.2) is 0 Å². The van der Waals surface area contributed by atoms with Crippen LogP contribution < -0.4 is 0 Å². The lowest BCUT2D eigenvalue weighted by atomic mass is 9.96. The van der Waals surface area contributed by atoms with E-state index in [0.717, 1.165) is 28.2 Å². The zero-order valence-electron chi connectivity index (χ0n) is 14.3. The molecule has 1 fully saturated rings. The van der Waals surface area contributed by atoms with Gasteiger partial charge in [0.05, 0.1) is 6.10 Å². The van der Waals surface area contributed by atoms with E-state index in [1.54, 1.807) is 0 Å². The van der Waals surface area contributed by atoms with Gasteiger partial charge >= 0.3 is 0 Å². The van der Waals surface area contributed by atoms with E-state index in [4.69, 9.17) is 0 Å². The van der Waals surface area contributed by atoms with Gasteiger partial charge in [0.1, 0.15) is 0 Å². The first kappa shape index (κ1) is 18.9. The highest BCUT2D eigenvalue weighted by molar-refractivity contribution is 9.10. The second-order valence-corrected chi connectivity index (χ2v) is 8.62. The maximum atomic E-state index is 9.70. The van der Waals surface area contributed by atoms with E-state index in [2.05, 4.69) is 74.3 Å². The molecule has 0 saturated heterocycles. The summed E-state index contributed by atoms with van der Waals surface area (Å²) in [5.41, 5.74) is 4.17. The number of hydrogen-bond acceptors (Lipinski definition) is 1. The van der Waals surface area contributed by atoms with Crippen molar-refractivity contribution >= 4 is 37.4 Å². The number of benzene rings is 2. The fourth-order valence-electron chi connectivity index (χ4n) is 3.64. The van der Waals surface area contributed by atoms with Crippen molar-refractivity contribution in [2.75, 3.05) is 0 Å². The van der Waals surface area contributed by atoms with Gasteiger partial charge in [0.15, 0.2) is 0 Å². The average molecular weight is 464 g/mol. The van der Waals surface area contributed by atoms with Crippen LogP contribution in [0.25, 0.3) is 5.57 Å². The Morgan fingerprint density at radius 1 is 0.800 bits per heavy atom. The van der Waals surface area contributed by atoms with E-state index in [9.17, 15) is 5.11 Å². The molecule has 2 aromatic rings. The van der Waals surface area contributed by atoms with Crippen LogP contribution in [0.4, 0.5) is 0 Å². The van der Waals surface area contributed by atoms with Gasteiger partial charge in [-0.05, 0) is 73.1 Å². The number of aliphatic hydroxyl groups excluding tert-OH is 1. The minimum atomic E-state index is -0.124. The minimum absolute atomic E-state index is 0.124. The molecular formula is C22H24Br2O. The molecule has 0 radical (unpaired) electrons. The smallest absolute Gasteiger partial charge is 0.0608 e. The van der Waals surface area contributed by atoms with Crippen molar-refractivity contribution in [3.05, 3.63) is 74.7 Å². The molecule has 2 aliphatic carbocycles. The van der Waals surface area contributed by atoms with E-state index in [0.29, 0.717) is 5.92 Å². The monoisotopic (exact) mass is 462 g/mol. The van der Waals surface area contributed by atoms with Crippen LogP contribution in [0.1, 0.15) is 55.6 Å². The molecule has 1 saturated carbocycles. The summed E-state index contributed by atoms with van der Waals surface area (Å²) >= 11 is 6.84.